The van der Waals surface area contributed by atoms with Crippen LogP contribution in [0.25, 0.3) is 0 Å². The Morgan fingerprint density at radius 3 is 2.73 bits per heavy atom. The Hall–Kier alpha value is -0.940. The highest BCUT2D eigenvalue weighted by Gasteiger charge is 2.29. The van der Waals surface area contributed by atoms with Gasteiger partial charge in [0.25, 0.3) is 5.91 Å². The number of amides is 1. The number of nitrogens with two attached hydrogens (primary N) is 1. The van der Waals surface area contributed by atoms with E-state index in [1.54, 1.807) is 6.07 Å². The summed E-state index contributed by atoms with van der Waals surface area (Å²) in [5.74, 6) is -0.795. The molecule has 1 aliphatic rings. The minimum atomic E-state index is -0.505. The standard InChI is InChI=1S/C10H10BrFN2O/c11-6-1-2-8(9(12)3-6)10(15)14-4-7(13)5-14/h1-3,7H,4-5,13H2. The molecule has 1 fully saturated rings. The number of halogens is 2. The van der Waals surface area contributed by atoms with Gasteiger partial charge >= 0.3 is 0 Å². The van der Waals surface area contributed by atoms with Gasteiger partial charge in [-0.3, -0.25) is 4.79 Å². The number of nitrogens with zero attached hydrogens (tertiary/aromatic N) is 1. The lowest BCUT2D eigenvalue weighted by Crippen LogP contribution is -2.57. The molecule has 0 radical (unpaired) electrons. The molecule has 2 N–H and O–H groups in total. The van der Waals surface area contributed by atoms with Gasteiger partial charge in [-0.05, 0) is 18.2 Å². The van der Waals surface area contributed by atoms with E-state index in [0.717, 1.165) is 0 Å². The molecule has 3 nitrogen and oxygen atoms in total. The van der Waals surface area contributed by atoms with E-state index in [0.29, 0.717) is 17.6 Å². The van der Waals surface area contributed by atoms with Crippen molar-refractivity contribution in [2.45, 2.75) is 6.04 Å². The third kappa shape index (κ3) is 2.03. The van der Waals surface area contributed by atoms with Crippen LogP contribution in [-0.4, -0.2) is 29.9 Å². The maximum Gasteiger partial charge on any atom is 0.256 e. The van der Waals surface area contributed by atoms with Gasteiger partial charge in [0.15, 0.2) is 0 Å². The highest BCUT2D eigenvalue weighted by molar-refractivity contribution is 9.10. The third-order valence-corrected chi connectivity index (χ3v) is 2.85. The van der Waals surface area contributed by atoms with Crippen LogP contribution in [0.2, 0.25) is 0 Å². The summed E-state index contributed by atoms with van der Waals surface area (Å²) in [5.41, 5.74) is 5.65. The lowest BCUT2D eigenvalue weighted by molar-refractivity contribution is 0.0603. The van der Waals surface area contributed by atoms with Crippen LogP contribution in [0.1, 0.15) is 10.4 Å². The van der Waals surface area contributed by atoms with Gasteiger partial charge in [-0.15, -0.1) is 0 Å². The molecule has 1 amide bonds. The molecule has 0 unspecified atom stereocenters. The second-order valence-electron chi connectivity index (χ2n) is 3.59. The average molecular weight is 273 g/mol. The Morgan fingerprint density at radius 1 is 1.53 bits per heavy atom. The van der Waals surface area contributed by atoms with Gasteiger partial charge in [-0.1, -0.05) is 15.9 Å². The zero-order chi connectivity index (χ0) is 11.0. The van der Waals surface area contributed by atoms with Gasteiger partial charge < -0.3 is 10.6 Å². The topological polar surface area (TPSA) is 46.3 Å². The molecule has 2 rings (SSSR count). The normalized spacial score (nSPS) is 16.3. The lowest BCUT2D eigenvalue weighted by Gasteiger charge is -2.36. The van der Waals surface area contributed by atoms with E-state index >= 15 is 0 Å². The minimum absolute atomic E-state index is 0.0347. The zero-order valence-corrected chi connectivity index (χ0v) is 9.50. The molecular weight excluding hydrogens is 263 g/mol. The average Bonchev–Trinajstić information content (AvgIpc) is 2.12. The van der Waals surface area contributed by atoms with Crippen LogP contribution in [0.5, 0.6) is 0 Å². The molecule has 0 bridgehead atoms. The first-order valence-electron chi connectivity index (χ1n) is 4.58. The van der Waals surface area contributed by atoms with Gasteiger partial charge in [0.2, 0.25) is 0 Å². The van der Waals surface area contributed by atoms with E-state index in [-0.39, 0.29) is 17.5 Å². The monoisotopic (exact) mass is 272 g/mol. The van der Waals surface area contributed by atoms with Crippen molar-refractivity contribution in [1.29, 1.82) is 0 Å². The molecule has 1 heterocycles. The van der Waals surface area contributed by atoms with Gasteiger partial charge in [0.1, 0.15) is 5.82 Å². The van der Waals surface area contributed by atoms with Crippen LogP contribution in [0.3, 0.4) is 0 Å². The Balaban J connectivity index is 2.19. The molecule has 1 aromatic carbocycles. The van der Waals surface area contributed by atoms with Crippen molar-refractivity contribution in [3.63, 3.8) is 0 Å². The maximum atomic E-state index is 13.4. The van der Waals surface area contributed by atoms with Crippen molar-refractivity contribution in [2.75, 3.05) is 13.1 Å². The number of benzene rings is 1. The molecule has 0 aliphatic carbocycles. The fourth-order valence-corrected chi connectivity index (χ4v) is 1.84. The largest absolute Gasteiger partial charge is 0.335 e. The predicted molar refractivity (Wildman–Crippen MR) is 58.0 cm³/mol. The number of carbonyl (C=O) groups excluding carboxylic acids is 1. The van der Waals surface area contributed by atoms with Crippen molar-refractivity contribution in [3.05, 3.63) is 34.1 Å². The summed E-state index contributed by atoms with van der Waals surface area (Å²) in [6, 6.07) is 4.45. The smallest absolute Gasteiger partial charge is 0.256 e. The van der Waals surface area contributed by atoms with Gasteiger partial charge in [-0.25, -0.2) is 4.39 Å². The summed E-state index contributed by atoms with van der Waals surface area (Å²) >= 11 is 3.14. The number of carbonyl (C=O) groups is 1. The van der Waals surface area contributed by atoms with Crippen LogP contribution in [-0.2, 0) is 0 Å². The summed E-state index contributed by atoms with van der Waals surface area (Å²) in [6.07, 6.45) is 0. The summed E-state index contributed by atoms with van der Waals surface area (Å²) in [7, 11) is 0. The Bertz CT molecular complexity index is 404. The summed E-state index contributed by atoms with van der Waals surface area (Å²) in [4.78, 5) is 13.3. The van der Waals surface area contributed by atoms with Crippen LogP contribution in [0.15, 0.2) is 22.7 Å². The maximum absolute atomic E-state index is 13.4. The second kappa shape index (κ2) is 3.90. The van der Waals surface area contributed by atoms with E-state index in [9.17, 15) is 9.18 Å². The quantitative estimate of drug-likeness (QED) is 0.840. The molecular formula is C10H10BrFN2O. The highest BCUT2D eigenvalue weighted by atomic mass is 79.9. The molecule has 1 saturated heterocycles. The van der Waals surface area contributed by atoms with E-state index in [4.69, 9.17) is 5.73 Å². The zero-order valence-electron chi connectivity index (χ0n) is 7.91. The fourth-order valence-electron chi connectivity index (χ4n) is 1.51. The van der Waals surface area contributed by atoms with Crippen LogP contribution < -0.4 is 5.73 Å². The molecule has 0 spiro atoms. The van der Waals surface area contributed by atoms with E-state index in [1.165, 1.54) is 17.0 Å². The SMILES string of the molecule is NC1CN(C(=O)c2ccc(Br)cc2F)C1. The van der Waals surface area contributed by atoms with Crippen molar-refractivity contribution >= 4 is 21.8 Å². The van der Waals surface area contributed by atoms with Crippen LogP contribution in [0, 0.1) is 5.82 Å². The number of hydrogen-bond donors (Lipinski definition) is 1. The summed E-state index contributed by atoms with van der Waals surface area (Å²) in [5, 5.41) is 0. The predicted octanol–water partition coefficient (Wildman–Crippen LogP) is 1.37. The second-order valence-corrected chi connectivity index (χ2v) is 4.51. The molecule has 1 aliphatic heterocycles. The van der Waals surface area contributed by atoms with Crippen molar-refractivity contribution in [2.24, 2.45) is 5.73 Å². The molecule has 0 atom stereocenters. The van der Waals surface area contributed by atoms with Gasteiger partial charge in [0.05, 0.1) is 5.56 Å². The molecule has 0 aromatic heterocycles. The summed E-state index contributed by atoms with van der Waals surface area (Å²) in [6.45, 7) is 1.02. The molecule has 15 heavy (non-hydrogen) atoms. The van der Waals surface area contributed by atoms with Crippen LogP contribution >= 0.6 is 15.9 Å². The Morgan fingerprint density at radius 2 is 2.20 bits per heavy atom. The van der Waals surface area contributed by atoms with Crippen LogP contribution in [0.4, 0.5) is 4.39 Å². The fraction of sp³-hybridized carbons (Fsp3) is 0.300. The molecule has 1 aromatic rings. The van der Waals surface area contributed by atoms with E-state index in [2.05, 4.69) is 15.9 Å². The molecule has 80 valence electrons. The summed E-state index contributed by atoms with van der Waals surface area (Å²) < 4.78 is 14.0. The number of hydrogen-bond acceptors (Lipinski definition) is 2. The van der Waals surface area contributed by atoms with Crippen molar-refractivity contribution < 1.29 is 9.18 Å². The first-order valence-corrected chi connectivity index (χ1v) is 5.37. The number of rotatable bonds is 1. The van der Waals surface area contributed by atoms with Crippen molar-refractivity contribution in [3.8, 4) is 0 Å². The first kappa shape index (κ1) is 10.6. The molecule has 0 saturated carbocycles. The number of likely N-dealkylation sites (tertiary alicyclic amines) is 1. The lowest BCUT2D eigenvalue weighted by atomic mass is 10.1. The Labute approximate surface area is 95.2 Å². The molecule has 5 heteroatoms. The van der Waals surface area contributed by atoms with E-state index < -0.39 is 5.82 Å². The minimum Gasteiger partial charge on any atom is -0.335 e. The third-order valence-electron chi connectivity index (χ3n) is 2.36. The first-order chi connectivity index (χ1) is 7.08. The Kier molecular flexibility index (Phi) is 2.75. The van der Waals surface area contributed by atoms with E-state index in [1.807, 2.05) is 0 Å². The van der Waals surface area contributed by atoms with Crippen molar-refractivity contribution in [1.82, 2.24) is 4.90 Å². The van der Waals surface area contributed by atoms with Gasteiger partial charge in [0, 0.05) is 23.6 Å². The highest BCUT2D eigenvalue weighted by Crippen LogP contribution is 2.18. The van der Waals surface area contributed by atoms with Gasteiger partial charge in [-0.2, -0.15) is 0 Å².